The zero-order valence-electron chi connectivity index (χ0n) is 21.0. The number of carbonyl (C=O) groups is 2. The standard InChI is InChI=1S/C26H33N3O6/c1-6-19-12-18(9-10-34-19)29(26(31)33-8-3)23-21-13-20(17-14-27-28(5)15-17)16(4)11-22(21)35-24(23)25(30)32-7-2/h11,13-15,18-19H,6-10,12H2,1-5H3/t18-,19-/m0/s1. The zero-order valence-corrected chi connectivity index (χ0v) is 21.0. The van der Waals surface area contributed by atoms with Crippen molar-refractivity contribution in [2.75, 3.05) is 24.7 Å². The van der Waals surface area contributed by atoms with Gasteiger partial charge in [-0.05, 0) is 63.3 Å². The highest BCUT2D eigenvalue weighted by Crippen LogP contribution is 2.41. The van der Waals surface area contributed by atoms with E-state index in [1.165, 1.54) is 0 Å². The van der Waals surface area contributed by atoms with Gasteiger partial charge >= 0.3 is 12.1 Å². The molecule has 1 aromatic carbocycles. The molecule has 1 fully saturated rings. The molecule has 188 valence electrons. The molecular weight excluding hydrogens is 450 g/mol. The van der Waals surface area contributed by atoms with Gasteiger partial charge in [0.05, 0.1) is 25.5 Å². The third-order valence-electron chi connectivity index (χ3n) is 6.35. The molecule has 35 heavy (non-hydrogen) atoms. The molecule has 3 heterocycles. The monoisotopic (exact) mass is 483 g/mol. The zero-order chi connectivity index (χ0) is 25.1. The molecule has 9 heteroatoms. The van der Waals surface area contributed by atoms with Gasteiger partial charge in [-0.3, -0.25) is 9.58 Å². The van der Waals surface area contributed by atoms with Gasteiger partial charge in [0.1, 0.15) is 11.3 Å². The molecule has 2 aromatic heterocycles. The molecule has 1 saturated heterocycles. The number of carbonyl (C=O) groups excluding carboxylic acids is 2. The smallest absolute Gasteiger partial charge is 0.414 e. The summed E-state index contributed by atoms with van der Waals surface area (Å²) < 4.78 is 24.5. The Morgan fingerprint density at radius 3 is 2.63 bits per heavy atom. The van der Waals surface area contributed by atoms with Gasteiger partial charge in [0, 0.05) is 36.8 Å². The fraction of sp³-hybridized carbons (Fsp3) is 0.500. The van der Waals surface area contributed by atoms with Gasteiger partial charge in [0.2, 0.25) is 5.76 Å². The lowest BCUT2D eigenvalue weighted by Crippen LogP contribution is -2.46. The predicted molar refractivity (Wildman–Crippen MR) is 132 cm³/mol. The molecular formula is C26H33N3O6. The molecule has 1 aliphatic heterocycles. The number of nitrogens with zero attached hydrogens (tertiary/aromatic N) is 3. The molecule has 0 spiro atoms. The minimum atomic E-state index is -0.618. The van der Waals surface area contributed by atoms with Gasteiger partial charge in [0.25, 0.3) is 0 Å². The van der Waals surface area contributed by atoms with E-state index in [-0.39, 0.29) is 31.1 Å². The molecule has 4 rings (SSSR count). The van der Waals surface area contributed by atoms with Crippen LogP contribution in [0, 0.1) is 6.92 Å². The molecule has 2 atom stereocenters. The van der Waals surface area contributed by atoms with Crippen LogP contribution in [0.2, 0.25) is 0 Å². The number of rotatable bonds is 7. The maximum atomic E-state index is 13.4. The topological polar surface area (TPSA) is 96.0 Å². The van der Waals surface area contributed by atoms with E-state index in [0.717, 1.165) is 23.1 Å². The Kier molecular flexibility index (Phi) is 7.45. The summed E-state index contributed by atoms with van der Waals surface area (Å²) in [5, 5.41) is 4.94. The Balaban J connectivity index is 1.94. The van der Waals surface area contributed by atoms with Crippen LogP contribution in [0.4, 0.5) is 10.5 Å². The number of fused-ring (bicyclic) bond motifs is 1. The van der Waals surface area contributed by atoms with Crippen LogP contribution in [0.15, 0.2) is 28.9 Å². The highest BCUT2D eigenvalue weighted by molar-refractivity contribution is 6.10. The van der Waals surface area contributed by atoms with E-state index in [1.807, 2.05) is 32.3 Å². The molecule has 0 aliphatic carbocycles. The van der Waals surface area contributed by atoms with Crippen molar-refractivity contribution in [3.8, 4) is 11.1 Å². The highest BCUT2D eigenvalue weighted by Gasteiger charge is 2.37. The largest absolute Gasteiger partial charge is 0.460 e. The van der Waals surface area contributed by atoms with Crippen molar-refractivity contribution in [2.45, 2.75) is 59.1 Å². The second-order valence-electron chi connectivity index (χ2n) is 8.71. The van der Waals surface area contributed by atoms with Gasteiger partial charge in [-0.1, -0.05) is 6.92 Å². The Hall–Kier alpha value is -3.33. The lowest BCUT2D eigenvalue weighted by atomic mass is 9.97. The third-order valence-corrected chi connectivity index (χ3v) is 6.35. The number of anilines is 1. The van der Waals surface area contributed by atoms with Crippen molar-refractivity contribution >= 4 is 28.7 Å². The summed E-state index contributed by atoms with van der Waals surface area (Å²) in [5.74, 6) is -0.620. The van der Waals surface area contributed by atoms with Crippen LogP contribution >= 0.6 is 0 Å². The SMILES string of the molecule is CCOC(=O)c1oc2cc(C)c(-c3cnn(C)c3)cc2c1N(C(=O)OCC)[C@H]1CCO[C@@H](CC)C1. The second kappa shape index (κ2) is 10.5. The number of benzene rings is 1. The van der Waals surface area contributed by atoms with Crippen LogP contribution in [0.3, 0.4) is 0 Å². The summed E-state index contributed by atoms with van der Waals surface area (Å²) in [4.78, 5) is 28.0. The van der Waals surface area contributed by atoms with Gasteiger partial charge < -0.3 is 18.6 Å². The maximum Gasteiger partial charge on any atom is 0.414 e. The maximum absolute atomic E-state index is 13.4. The molecule has 1 amide bonds. The minimum absolute atomic E-state index is 0.00261. The lowest BCUT2D eigenvalue weighted by molar-refractivity contribution is 0.00465. The summed E-state index contributed by atoms with van der Waals surface area (Å²) in [6, 6.07) is 3.61. The van der Waals surface area contributed by atoms with Crippen molar-refractivity contribution < 1.29 is 28.2 Å². The first kappa shape index (κ1) is 24.8. The van der Waals surface area contributed by atoms with E-state index in [4.69, 9.17) is 18.6 Å². The van der Waals surface area contributed by atoms with E-state index in [0.29, 0.717) is 36.1 Å². The van der Waals surface area contributed by atoms with Gasteiger partial charge in [-0.2, -0.15) is 5.10 Å². The van der Waals surface area contributed by atoms with Gasteiger partial charge in [0.15, 0.2) is 0 Å². The van der Waals surface area contributed by atoms with E-state index in [2.05, 4.69) is 12.0 Å². The number of esters is 1. The fourth-order valence-electron chi connectivity index (χ4n) is 4.67. The Morgan fingerprint density at radius 2 is 1.97 bits per heavy atom. The van der Waals surface area contributed by atoms with Crippen LogP contribution in [0.1, 0.15) is 56.2 Å². The molecule has 0 bridgehead atoms. The summed E-state index contributed by atoms with van der Waals surface area (Å²) in [6.45, 7) is 8.44. The minimum Gasteiger partial charge on any atom is -0.460 e. The number of amides is 1. The first-order valence-electron chi connectivity index (χ1n) is 12.2. The Labute approximate surface area is 204 Å². The number of ether oxygens (including phenoxy) is 3. The number of hydrogen-bond acceptors (Lipinski definition) is 7. The quantitative estimate of drug-likeness (QED) is 0.424. The van der Waals surface area contributed by atoms with Crippen LogP contribution in [-0.2, 0) is 21.3 Å². The Bertz CT molecular complexity index is 1210. The fourth-order valence-corrected chi connectivity index (χ4v) is 4.67. The number of aryl methyl sites for hydroxylation is 2. The van der Waals surface area contributed by atoms with Gasteiger partial charge in [-0.15, -0.1) is 0 Å². The molecule has 9 nitrogen and oxygen atoms in total. The molecule has 3 aromatic rings. The third kappa shape index (κ3) is 4.91. The van der Waals surface area contributed by atoms with Crippen molar-refractivity contribution in [1.29, 1.82) is 0 Å². The van der Waals surface area contributed by atoms with Crippen molar-refractivity contribution in [3.63, 3.8) is 0 Å². The van der Waals surface area contributed by atoms with E-state index in [9.17, 15) is 9.59 Å². The van der Waals surface area contributed by atoms with Crippen LogP contribution in [0.5, 0.6) is 0 Å². The summed E-state index contributed by atoms with van der Waals surface area (Å²) in [7, 11) is 1.86. The summed E-state index contributed by atoms with van der Waals surface area (Å²) in [5.41, 5.74) is 3.70. The molecule has 0 N–H and O–H groups in total. The van der Waals surface area contributed by atoms with Crippen LogP contribution < -0.4 is 4.90 Å². The predicted octanol–water partition coefficient (Wildman–Crippen LogP) is 5.24. The lowest BCUT2D eigenvalue weighted by Gasteiger charge is -2.36. The average molecular weight is 484 g/mol. The summed E-state index contributed by atoms with van der Waals surface area (Å²) in [6.07, 6.45) is 5.28. The first-order valence-corrected chi connectivity index (χ1v) is 12.2. The molecule has 1 aliphatic rings. The normalized spacial score (nSPS) is 18.0. The number of hydrogen-bond donors (Lipinski definition) is 0. The summed E-state index contributed by atoms with van der Waals surface area (Å²) >= 11 is 0. The molecule has 0 radical (unpaired) electrons. The highest BCUT2D eigenvalue weighted by atomic mass is 16.6. The number of aromatic nitrogens is 2. The van der Waals surface area contributed by atoms with E-state index < -0.39 is 12.1 Å². The number of furan rings is 1. The van der Waals surface area contributed by atoms with Crippen molar-refractivity contribution in [1.82, 2.24) is 9.78 Å². The molecule has 0 saturated carbocycles. The first-order chi connectivity index (χ1) is 16.9. The van der Waals surface area contributed by atoms with Crippen molar-refractivity contribution in [2.24, 2.45) is 7.05 Å². The van der Waals surface area contributed by atoms with Gasteiger partial charge in [-0.25, -0.2) is 9.59 Å². The Morgan fingerprint density at radius 1 is 1.20 bits per heavy atom. The van der Waals surface area contributed by atoms with E-state index in [1.54, 1.807) is 29.6 Å². The van der Waals surface area contributed by atoms with Crippen molar-refractivity contribution in [3.05, 3.63) is 35.9 Å². The average Bonchev–Trinajstić information content (AvgIpc) is 3.43. The molecule has 0 unspecified atom stereocenters. The van der Waals surface area contributed by atoms with Crippen LogP contribution in [0.25, 0.3) is 22.1 Å². The second-order valence-corrected chi connectivity index (χ2v) is 8.71. The van der Waals surface area contributed by atoms with E-state index >= 15 is 0 Å². The van der Waals surface area contributed by atoms with Crippen LogP contribution in [-0.4, -0.2) is 53.8 Å².